The lowest BCUT2D eigenvalue weighted by atomic mass is 9.94. The summed E-state index contributed by atoms with van der Waals surface area (Å²) in [6.07, 6.45) is 1.74. The zero-order valence-corrected chi connectivity index (χ0v) is 19.5. The van der Waals surface area contributed by atoms with Gasteiger partial charge < -0.3 is 15.5 Å². The highest BCUT2D eigenvalue weighted by Gasteiger charge is 2.27. The number of amides is 3. The van der Waals surface area contributed by atoms with Gasteiger partial charge >= 0.3 is 0 Å². The molecule has 0 spiro atoms. The molecule has 34 heavy (non-hydrogen) atoms. The lowest BCUT2D eigenvalue weighted by molar-refractivity contribution is -0.119. The van der Waals surface area contributed by atoms with Gasteiger partial charge in [-0.1, -0.05) is 36.4 Å². The van der Waals surface area contributed by atoms with Gasteiger partial charge in [-0.15, -0.1) is 0 Å². The predicted octanol–water partition coefficient (Wildman–Crippen LogP) is 4.91. The molecule has 1 unspecified atom stereocenters. The van der Waals surface area contributed by atoms with E-state index in [-0.39, 0.29) is 23.6 Å². The molecule has 3 aromatic rings. The predicted molar refractivity (Wildman–Crippen MR) is 134 cm³/mol. The molecule has 0 saturated heterocycles. The number of benzene rings is 3. The second-order valence-electron chi connectivity index (χ2n) is 8.64. The van der Waals surface area contributed by atoms with Gasteiger partial charge in [0.1, 0.15) is 0 Å². The van der Waals surface area contributed by atoms with E-state index in [1.54, 1.807) is 30.3 Å². The van der Waals surface area contributed by atoms with E-state index in [1.807, 2.05) is 54.3 Å². The number of anilines is 2. The maximum atomic E-state index is 13.5. The van der Waals surface area contributed by atoms with Crippen molar-refractivity contribution in [3.05, 3.63) is 95.1 Å². The van der Waals surface area contributed by atoms with E-state index in [1.165, 1.54) is 6.92 Å². The molecule has 1 atom stereocenters. The summed E-state index contributed by atoms with van der Waals surface area (Å²) in [5.41, 5.74) is 4.68. The minimum atomic E-state index is -0.177. The van der Waals surface area contributed by atoms with Crippen molar-refractivity contribution in [2.75, 3.05) is 23.3 Å². The van der Waals surface area contributed by atoms with Gasteiger partial charge in [-0.05, 0) is 67.3 Å². The lowest BCUT2D eigenvalue weighted by Crippen LogP contribution is -2.31. The highest BCUT2D eigenvalue weighted by atomic mass is 16.2. The second-order valence-corrected chi connectivity index (χ2v) is 8.64. The molecule has 0 saturated carbocycles. The zero-order valence-electron chi connectivity index (χ0n) is 19.5. The summed E-state index contributed by atoms with van der Waals surface area (Å²) in [7, 11) is 0. The summed E-state index contributed by atoms with van der Waals surface area (Å²) in [6, 6.07) is 22.3. The fourth-order valence-corrected chi connectivity index (χ4v) is 4.42. The van der Waals surface area contributed by atoms with Crippen molar-refractivity contribution >= 4 is 29.1 Å². The Kier molecular flexibility index (Phi) is 7.07. The molecule has 0 fully saturated rings. The Hall–Kier alpha value is -3.93. The Labute approximate surface area is 200 Å². The Balaban J connectivity index is 1.51. The second kappa shape index (κ2) is 10.3. The normalized spacial score (nSPS) is 15.1. The van der Waals surface area contributed by atoms with Gasteiger partial charge in [0.25, 0.3) is 11.8 Å². The van der Waals surface area contributed by atoms with Crippen LogP contribution < -0.4 is 15.5 Å². The number of para-hydroxylation sites is 1. The summed E-state index contributed by atoms with van der Waals surface area (Å²) >= 11 is 0. The van der Waals surface area contributed by atoms with Crippen molar-refractivity contribution < 1.29 is 14.4 Å². The molecule has 4 rings (SSSR count). The molecule has 1 aliphatic heterocycles. The quantitative estimate of drug-likeness (QED) is 0.574. The average Bonchev–Trinajstić information content (AvgIpc) is 3.02. The molecule has 3 amide bonds. The van der Waals surface area contributed by atoms with Crippen LogP contribution in [0.1, 0.15) is 57.5 Å². The van der Waals surface area contributed by atoms with Gasteiger partial charge in [-0.25, -0.2) is 0 Å². The van der Waals surface area contributed by atoms with Crippen LogP contribution in [-0.4, -0.2) is 30.8 Å². The van der Waals surface area contributed by atoms with Crippen LogP contribution >= 0.6 is 0 Å². The summed E-state index contributed by atoms with van der Waals surface area (Å²) in [5.74, 6) is -0.144. The first kappa shape index (κ1) is 23.2. The topological polar surface area (TPSA) is 78.5 Å². The third kappa shape index (κ3) is 5.17. The Bertz CT molecular complexity index is 1200. The molecule has 6 nitrogen and oxygen atoms in total. The number of fused-ring (bicyclic) bond motifs is 1. The van der Waals surface area contributed by atoms with Gasteiger partial charge in [-0.3, -0.25) is 14.4 Å². The van der Waals surface area contributed by atoms with Crippen LogP contribution in [0.4, 0.5) is 11.4 Å². The molecule has 1 heterocycles. The first-order chi connectivity index (χ1) is 16.4. The van der Waals surface area contributed by atoms with E-state index in [9.17, 15) is 14.4 Å². The Morgan fingerprint density at radius 2 is 1.65 bits per heavy atom. The standard InChI is InChI=1S/C28H29N3O3/c1-19-8-3-4-10-24(19)27(33)30-23-15-13-21(14-16-23)28(34)31-17-7-9-22(18-29-20(2)32)25-11-5-6-12-26(25)31/h3-6,8,10-16,22H,7,9,17-18H2,1-2H3,(H,29,32)(H,30,33). The zero-order chi connectivity index (χ0) is 24.1. The number of carbonyl (C=O) groups excluding carboxylic acids is 3. The number of hydrogen-bond acceptors (Lipinski definition) is 3. The van der Waals surface area contributed by atoms with Crippen LogP contribution in [0, 0.1) is 6.92 Å². The fraction of sp³-hybridized carbons (Fsp3) is 0.250. The number of hydrogen-bond donors (Lipinski definition) is 2. The van der Waals surface area contributed by atoms with Crippen LogP contribution in [0.3, 0.4) is 0 Å². The van der Waals surface area contributed by atoms with Crippen molar-refractivity contribution in [3.8, 4) is 0 Å². The van der Waals surface area contributed by atoms with Gasteiger partial charge in [0, 0.05) is 48.4 Å². The smallest absolute Gasteiger partial charge is 0.258 e. The molecule has 1 aliphatic rings. The van der Waals surface area contributed by atoms with Crippen LogP contribution in [0.2, 0.25) is 0 Å². The van der Waals surface area contributed by atoms with E-state index in [0.29, 0.717) is 29.9 Å². The van der Waals surface area contributed by atoms with E-state index in [2.05, 4.69) is 10.6 Å². The van der Waals surface area contributed by atoms with Crippen molar-refractivity contribution in [2.24, 2.45) is 0 Å². The van der Waals surface area contributed by atoms with Gasteiger partial charge in [0.15, 0.2) is 0 Å². The molecule has 0 aromatic heterocycles. The van der Waals surface area contributed by atoms with Crippen LogP contribution in [-0.2, 0) is 4.79 Å². The lowest BCUT2D eigenvalue weighted by Gasteiger charge is -2.24. The SMILES string of the molecule is CC(=O)NCC1CCCN(C(=O)c2ccc(NC(=O)c3ccccc3C)cc2)c2ccccc21. The van der Waals surface area contributed by atoms with Gasteiger partial charge in [0.2, 0.25) is 5.91 Å². The molecular formula is C28H29N3O3. The molecule has 0 bridgehead atoms. The Morgan fingerprint density at radius 1 is 0.941 bits per heavy atom. The number of rotatable bonds is 5. The summed E-state index contributed by atoms with van der Waals surface area (Å²) < 4.78 is 0. The van der Waals surface area contributed by atoms with E-state index >= 15 is 0 Å². The van der Waals surface area contributed by atoms with E-state index in [4.69, 9.17) is 0 Å². The summed E-state index contributed by atoms with van der Waals surface area (Å²) in [4.78, 5) is 39.3. The molecule has 6 heteroatoms. The average molecular weight is 456 g/mol. The summed E-state index contributed by atoms with van der Waals surface area (Å²) in [5, 5.41) is 5.82. The van der Waals surface area contributed by atoms with Crippen molar-refractivity contribution in [2.45, 2.75) is 32.6 Å². The highest BCUT2D eigenvalue weighted by Crippen LogP contribution is 2.35. The van der Waals surface area contributed by atoms with Crippen molar-refractivity contribution in [3.63, 3.8) is 0 Å². The third-order valence-electron chi connectivity index (χ3n) is 6.22. The minimum Gasteiger partial charge on any atom is -0.356 e. The number of nitrogens with one attached hydrogen (secondary N) is 2. The highest BCUT2D eigenvalue weighted by molar-refractivity contribution is 6.08. The van der Waals surface area contributed by atoms with E-state index in [0.717, 1.165) is 29.7 Å². The number of carbonyl (C=O) groups is 3. The van der Waals surface area contributed by atoms with Crippen molar-refractivity contribution in [1.29, 1.82) is 0 Å². The maximum absolute atomic E-state index is 13.5. The third-order valence-corrected chi connectivity index (χ3v) is 6.22. The van der Waals surface area contributed by atoms with Crippen LogP contribution in [0.5, 0.6) is 0 Å². The molecule has 0 radical (unpaired) electrons. The van der Waals surface area contributed by atoms with E-state index < -0.39 is 0 Å². The molecular weight excluding hydrogens is 426 g/mol. The number of aryl methyl sites for hydroxylation is 1. The Morgan fingerprint density at radius 3 is 2.38 bits per heavy atom. The first-order valence-corrected chi connectivity index (χ1v) is 11.6. The molecule has 0 aliphatic carbocycles. The minimum absolute atomic E-state index is 0.0516. The van der Waals surface area contributed by atoms with Crippen LogP contribution in [0.15, 0.2) is 72.8 Å². The molecule has 174 valence electrons. The summed E-state index contributed by atoms with van der Waals surface area (Å²) in [6.45, 7) is 4.59. The molecule has 2 N–H and O–H groups in total. The van der Waals surface area contributed by atoms with Crippen LogP contribution in [0.25, 0.3) is 0 Å². The maximum Gasteiger partial charge on any atom is 0.258 e. The first-order valence-electron chi connectivity index (χ1n) is 11.6. The van der Waals surface area contributed by atoms with Crippen molar-refractivity contribution in [1.82, 2.24) is 5.32 Å². The fourth-order valence-electron chi connectivity index (χ4n) is 4.42. The largest absolute Gasteiger partial charge is 0.356 e. The molecule has 3 aromatic carbocycles. The number of nitrogens with zero attached hydrogens (tertiary/aromatic N) is 1. The monoisotopic (exact) mass is 455 g/mol. The van der Waals surface area contributed by atoms with Gasteiger partial charge in [-0.2, -0.15) is 0 Å². The van der Waals surface area contributed by atoms with Gasteiger partial charge in [0.05, 0.1) is 0 Å².